The first-order valence-electron chi connectivity index (χ1n) is 6.75. The zero-order valence-electron chi connectivity index (χ0n) is 12.3. The molecule has 0 atom stereocenters. The minimum Gasteiger partial charge on any atom is -0.548 e. The van der Waals surface area contributed by atoms with E-state index in [-0.39, 0.29) is 14.8 Å². The van der Waals surface area contributed by atoms with E-state index in [0.29, 0.717) is 11.3 Å². The molecule has 2 aliphatic heterocycles. The molecule has 0 radical (unpaired) electrons. The van der Waals surface area contributed by atoms with Crippen molar-refractivity contribution in [2.75, 3.05) is 11.4 Å². The summed E-state index contributed by atoms with van der Waals surface area (Å²) in [6, 6.07) is 6.57. The molecule has 0 spiro atoms. The number of anilines is 1. The van der Waals surface area contributed by atoms with E-state index >= 15 is 0 Å². The Bertz CT molecular complexity index is 861. The van der Waals surface area contributed by atoms with E-state index in [1.54, 1.807) is 24.3 Å². The SMILES string of the molecule is CC(=O)N1C(=O)/C(=C2\SC(=S)N(CC(=O)[O-])C2=O)c2ccccc21. The summed E-state index contributed by atoms with van der Waals surface area (Å²) in [5.41, 5.74) is 0.876. The summed E-state index contributed by atoms with van der Waals surface area (Å²) < 4.78 is 0.0262. The average Bonchev–Trinajstić information content (AvgIpc) is 2.94. The molecule has 0 aromatic heterocycles. The lowest BCUT2D eigenvalue weighted by atomic mass is 10.1. The number of thiocarbonyl (C=S) groups is 1. The number of imide groups is 1. The lowest BCUT2D eigenvalue weighted by Crippen LogP contribution is -2.40. The van der Waals surface area contributed by atoms with Crippen molar-refractivity contribution in [2.45, 2.75) is 6.92 Å². The van der Waals surface area contributed by atoms with Gasteiger partial charge in [-0.1, -0.05) is 42.2 Å². The number of carbonyl (C=O) groups is 4. The Kier molecular flexibility index (Phi) is 3.98. The molecule has 2 aliphatic rings. The van der Waals surface area contributed by atoms with Gasteiger partial charge in [-0.25, -0.2) is 4.90 Å². The quantitative estimate of drug-likeness (QED) is 0.536. The molecular formula is C15H9N2O5S2-. The number of hydrogen-bond donors (Lipinski definition) is 0. The van der Waals surface area contributed by atoms with Crippen LogP contribution in [0.5, 0.6) is 0 Å². The number of carboxylic acids is 1. The summed E-state index contributed by atoms with van der Waals surface area (Å²) >= 11 is 5.86. The van der Waals surface area contributed by atoms with E-state index in [9.17, 15) is 24.3 Å². The first-order chi connectivity index (χ1) is 11.3. The summed E-state index contributed by atoms with van der Waals surface area (Å²) in [6.45, 7) is 0.562. The zero-order chi connectivity index (χ0) is 17.6. The Hall–Kier alpha value is -2.52. The van der Waals surface area contributed by atoms with Crippen molar-refractivity contribution in [1.29, 1.82) is 0 Å². The standard InChI is InChI=1S/C15H10N2O5S2/c1-7(18)17-9-5-3-2-4-8(9)11(13(17)21)12-14(22)16(6-10(19)20)15(23)24-12/h2-5H,6H2,1H3,(H,19,20)/p-1/b12-11-. The smallest absolute Gasteiger partial charge is 0.267 e. The van der Waals surface area contributed by atoms with Crippen LogP contribution < -0.4 is 10.0 Å². The average molecular weight is 361 g/mol. The van der Waals surface area contributed by atoms with Crippen LogP contribution in [-0.4, -0.2) is 39.5 Å². The van der Waals surface area contributed by atoms with Crippen molar-refractivity contribution < 1.29 is 24.3 Å². The highest BCUT2D eigenvalue weighted by Gasteiger charge is 2.43. The van der Waals surface area contributed by atoms with Crippen LogP contribution in [0.3, 0.4) is 0 Å². The number of thioether (sulfide) groups is 1. The van der Waals surface area contributed by atoms with Gasteiger partial charge in [0, 0.05) is 12.5 Å². The number of aliphatic carboxylic acids is 1. The van der Waals surface area contributed by atoms with Crippen LogP contribution in [0.15, 0.2) is 29.2 Å². The first kappa shape index (κ1) is 16.3. The summed E-state index contributed by atoms with van der Waals surface area (Å²) in [6.07, 6.45) is 0. The minimum absolute atomic E-state index is 0.0162. The highest BCUT2D eigenvalue weighted by atomic mass is 32.2. The van der Waals surface area contributed by atoms with E-state index in [2.05, 4.69) is 0 Å². The molecule has 0 bridgehead atoms. The molecule has 1 fully saturated rings. The van der Waals surface area contributed by atoms with Gasteiger partial charge in [0.15, 0.2) is 0 Å². The molecule has 1 saturated heterocycles. The third kappa shape index (κ3) is 2.42. The Morgan fingerprint density at radius 1 is 1.21 bits per heavy atom. The van der Waals surface area contributed by atoms with Crippen LogP contribution in [0, 0.1) is 0 Å². The van der Waals surface area contributed by atoms with Crippen molar-refractivity contribution in [2.24, 2.45) is 0 Å². The first-order valence-corrected chi connectivity index (χ1v) is 7.97. The second kappa shape index (κ2) is 5.84. The van der Waals surface area contributed by atoms with Gasteiger partial charge in [0.1, 0.15) is 4.32 Å². The van der Waals surface area contributed by atoms with Crippen molar-refractivity contribution in [1.82, 2.24) is 4.90 Å². The van der Waals surface area contributed by atoms with Crippen LogP contribution in [0.25, 0.3) is 5.57 Å². The molecule has 3 rings (SSSR count). The fraction of sp³-hybridized carbons (Fsp3) is 0.133. The van der Waals surface area contributed by atoms with Crippen LogP contribution >= 0.6 is 24.0 Å². The monoisotopic (exact) mass is 361 g/mol. The lowest BCUT2D eigenvalue weighted by molar-refractivity contribution is -0.305. The minimum atomic E-state index is -1.46. The Labute approximate surface area is 145 Å². The molecule has 0 unspecified atom stereocenters. The van der Waals surface area contributed by atoms with Crippen molar-refractivity contribution in [3.05, 3.63) is 34.7 Å². The molecule has 0 saturated carbocycles. The van der Waals surface area contributed by atoms with E-state index in [4.69, 9.17) is 12.2 Å². The van der Waals surface area contributed by atoms with Crippen molar-refractivity contribution in [3.8, 4) is 0 Å². The molecule has 122 valence electrons. The van der Waals surface area contributed by atoms with E-state index in [1.807, 2.05) is 0 Å². The van der Waals surface area contributed by atoms with Crippen LogP contribution in [0.1, 0.15) is 12.5 Å². The van der Waals surface area contributed by atoms with E-state index in [1.165, 1.54) is 6.92 Å². The molecule has 9 heteroatoms. The summed E-state index contributed by atoms with van der Waals surface area (Å²) in [5.74, 6) is -3.25. The van der Waals surface area contributed by atoms with Crippen molar-refractivity contribution >= 4 is 63.3 Å². The number of para-hydroxylation sites is 1. The highest BCUT2D eigenvalue weighted by Crippen LogP contribution is 2.44. The van der Waals surface area contributed by atoms with Gasteiger partial charge in [0.2, 0.25) is 5.91 Å². The number of carboxylic acid groups (broad SMARTS) is 1. The molecule has 3 amide bonds. The van der Waals surface area contributed by atoms with Gasteiger partial charge in [-0.05, 0) is 6.07 Å². The van der Waals surface area contributed by atoms with E-state index < -0.39 is 30.2 Å². The maximum absolute atomic E-state index is 12.7. The van der Waals surface area contributed by atoms with Crippen LogP contribution in [0.2, 0.25) is 0 Å². The number of benzene rings is 1. The number of hydrogen-bond acceptors (Lipinski definition) is 7. The number of carbonyl (C=O) groups excluding carboxylic acids is 4. The molecule has 0 N–H and O–H groups in total. The number of nitrogens with zero attached hydrogens (tertiary/aromatic N) is 2. The number of rotatable bonds is 2. The predicted molar refractivity (Wildman–Crippen MR) is 88.4 cm³/mol. The maximum Gasteiger partial charge on any atom is 0.267 e. The zero-order valence-corrected chi connectivity index (χ0v) is 13.9. The van der Waals surface area contributed by atoms with Gasteiger partial charge in [-0.3, -0.25) is 19.3 Å². The Morgan fingerprint density at radius 2 is 1.88 bits per heavy atom. The maximum atomic E-state index is 12.7. The molecule has 7 nitrogen and oxygen atoms in total. The summed E-state index contributed by atoms with van der Waals surface area (Å²) in [7, 11) is 0. The van der Waals surface area contributed by atoms with Gasteiger partial charge in [0.25, 0.3) is 11.8 Å². The van der Waals surface area contributed by atoms with Gasteiger partial charge in [-0.2, -0.15) is 0 Å². The molecule has 1 aromatic rings. The third-order valence-electron chi connectivity index (χ3n) is 3.51. The normalized spacial score (nSPS) is 20.0. The molecule has 1 aromatic carbocycles. The van der Waals surface area contributed by atoms with Crippen LogP contribution in [0.4, 0.5) is 5.69 Å². The Balaban J connectivity index is 2.15. The third-order valence-corrected chi connectivity index (χ3v) is 4.96. The van der Waals surface area contributed by atoms with E-state index in [0.717, 1.165) is 21.6 Å². The molecular weight excluding hydrogens is 352 g/mol. The Morgan fingerprint density at radius 3 is 2.50 bits per heavy atom. The van der Waals surface area contributed by atoms with Gasteiger partial charge in [-0.15, -0.1) is 0 Å². The topological polar surface area (TPSA) is 97.8 Å². The number of fused-ring (bicyclic) bond motifs is 1. The highest BCUT2D eigenvalue weighted by molar-refractivity contribution is 8.26. The number of amides is 3. The van der Waals surface area contributed by atoms with Gasteiger partial charge in [0.05, 0.1) is 28.7 Å². The second-order valence-electron chi connectivity index (χ2n) is 5.01. The summed E-state index contributed by atoms with van der Waals surface area (Å²) in [5, 5.41) is 10.8. The fourth-order valence-corrected chi connectivity index (χ4v) is 3.89. The fourth-order valence-electron chi connectivity index (χ4n) is 2.56. The molecule has 2 heterocycles. The predicted octanol–water partition coefficient (Wildman–Crippen LogP) is -0.0990. The lowest BCUT2D eigenvalue weighted by Gasteiger charge is -2.14. The van der Waals surface area contributed by atoms with Gasteiger partial charge < -0.3 is 9.90 Å². The summed E-state index contributed by atoms with van der Waals surface area (Å²) in [4.78, 5) is 49.6. The largest absolute Gasteiger partial charge is 0.548 e. The second-order valence-corrected chi connectivity index (χ2v) is 6.66. The molecule has 24 heavy (non-hydrogen) atoms. The van der Waals surface area contributed by atoms with Gasteiger partial charge >= 0.3 is 0 Å². The van der Waals surface area contributed by atoms with Crippen molar-refractivity contribution in [3.63, 3.8) is 0 Å². The van der Waals surface area contributed by atoms with Crippen LogP contribution in [-0.2, 0) is 19.2 Å². The molecule has 0 aliphatic carbocycles.